The van der Waals surface area contributed by atoms with E-state index in [9.17, 15) is 22.8 Å². The van der Waals surface area contributed by atoms with E-state index in [2.05, 4.69) is 15.4 Å². The van der Waals surface area contributed by atoms with E-state index in [0.717, 1.165) is 7.11 Å². The highest BCUT2D eigenvalue weighted by molar-refractivity contribution is 7.91. The van der Waals surface area contributed by atoms with E-state index >= 15 is 0 Å². The first-order valence-electron chi connectivity index (χ1n) is 8.77. The first-order chi connectivity index (χ1) is 13.7. The largest absolute Gasteiger partial charge is 0.467 e. The van der Waals surface area contributed by atoms with E-state index in [1.54, 1.807) is 30.3 Å². The van der Waals surface area contributed by atoms with Crippen molar-refractivity contribution >= 4 is 33.3 Å². The van der Waals surface area contributed by atoms with Gasteiger partial charge in [-0.25, -0.2) is 13.2 Å². The van der Waals surface area contributed by atoms with Crippen molar-refractivity contribution in [1.29, 1.82) is 0 Å². The van der Waals surface area contributed by atoms with Crippen LogP contribution in [0.5, 0.6) is 0 Å². The zero-order chi connectivity index (χ0) is 21.4. The van der Waals surface area contributed by atoms with Gasteiger partial charge in [-0.3, -0.25) is 9.59 Å². The van der Waals surface area contributed by atoms with Gasteiger partial charge in [0.05, 0.1) is 17.8 Å². The molecule has 0 unspecified atom stereocenters. The number of methoxy groups -OCH3 is 1. The molecule has 1 atom stereocenters. The molecule has 2 aromatic rings. The number of rotatable bonds is 8. The molecule has 0 aliphatic carbocycles. The Morgan fingerprint density at radius 2 is 1.62 bits per heavy atom. The summed E-state index contributed by atoms with van der Waals surface area (Å²) in [5, 5.41) is 5.08. The number of hydrogen-bond donors (Lipinski definition) is 2. The molecule has 2 N–H and O–H groups in total. The smallest absolute Gasteiger partial charge is 0.328 e. The molecule has 9 heteroatoms. The Balaban J connectivity index is 2.07. The quantitative estimate of drug-likeness (QED) is 0.631. The van der Waals surface area contributed by atoms with Crippen LogP contribution in [0.25, 0.3) is 0 Å². The van der Waals surface area contributed by atoms with Crippen molar-refractivity contribution in [2.75, 3.05) is 18.2 Å². The van der Waals surface area contributed by atoms with Crippen LogP contribution in [0.2, 0.25) is 0 Å². The molecule has 29 heavy (non-hydrogen) atoms. The molecule has 0 fully saturated rings. The second-order valence-corrected chi connectivity index (χ2v) is 8.34. The fourth-order valence-electron chi connectivity index (χ4n) is 2.56. The second kappa shape index (κ2) is 9.83. The molecule has 154 valence electrons. The van der Waals surface area contributed by atoms with Crippen molar-refractivity contribution < 1.29 is 27.5 Å². The fourth-order valence-corrected chi connectivity index (χ4v) is 3.91. The van der Waals surface area contributed by atoms with E-state index in [1.165, 1.54) is 31.2 Å². The number of sulfone groups is 1. The third-order valence-corrected chi connectivity index (χ3v) is 5.80. The predicted molar refractivity (Wildman–Crippen MR) is 107 cm³/mol. The number of carbonyl (C=O) groups excluding carboxylic acids is 3. The summed E-state index contributed by atoms with van der Waals surface area (Å²) >= 11 is 0. The van der Waals surface area contributed by atoms with Gasteiger partial charge in [0.1, 0.15) is 6.04 Å². The van der Waals surface area contributed by atoms with Gasteiger partial charge < -0.3 is 15.4 Å². The number of esters is 1. The summed E-state index contributed by atoms with van der Waals surface area (Å²) < 4.78 is 29.5. The van der Waals surface area contributed by atoms with Crippen molar-refractivity contribution in [3.63, 3.8) is 0 Å². The minimum absolute atomic E-state index is 0.139. The lowest BCUT2D eigenvalue weighted by atomic mass is 10.1. The van der Waals surface area contributed by atoms with Crippen LogP contribution >= 0.6 is 0 Å². The molecule has 0 aliphatic rings. The highest BCUT2D eigenvalue weighted by Gasteiger charge is 2.25. The predicted octanol–water partition coefficient (Wildman–Crippen LogP) is 1.78. The molecule has 2 rings (SSSR count). The minimum atomic E-state index is -3.61. The van der Waals surface area contributed by atoms with Crippen LogP contribution in [0.15, 0.2) is 59.5 Å². The third-order valence-electron chi connectivity index (χ3n) is 4.04. The summed E-state index contributed by atoms with van der Waals surface area (Å²) in [6.45, 7) is 1.37. The molecular formula is C20H22N2O6S. The molecule has 0 bridgehead atoms. The van der Waals surface area contributed by atoms with E-state index < -0.39 is 27.8 Å². The SMILES string of the molecule is COC(=O)[C@@H](CCS(=O)(=O)c1ccccc1)NC(=O)c1ccc(NC(C)=O)cc1. The Kier molecular flexibility index (Phi) is 7.49. The van der Waals surface area contributed by atoms with Crippen LogP contribution in [0.4, 0.5) is 5.69 Å². The van der Waals surface area contributed by atoms with Crippen molar-refractivity contribution in [2.45, 2.75) is 24.3 Å². The molecule has 8 nitrogen and oxygen atoms in total. The van der Waals surface area contributed by atoms with Crippen LogP contribution in [0.1, 0.15) is 23.7 Å². The van der Waals surface area contributed by atoms with E-state index in [4.69, 9.17) is 0 Å². The van der Waals surface area contributed by atoms with Crippen LogP contribution in [-0.4, -0.2) is 45.1 Å². The van der Waals surface area contributed by atoms with E-state index in [1.807, 2.05) is 0 Å². The van der Waals surface area contributed by atoms with Gasteiger partial charge in [-0.1, -0.05) is 18.2 Å². The molecule has 0 spiro atoms. The summed E-state index contributed by atoms with van der Waals surface area (Å²) in [5.41, 5.74) is 0.770. The minimum Gasteiger partial charge on any atom is -0.467 e. The number of hydrogen-bond acceptors (Lipinski definition) is 6. The van der Waals surface area contributed by atoms with Crippen LogP contribution in [-0.2, 0) is 24.2 Å². The molecule has 0 saturated carbocycles. The van der Waals surface area contributed by atoms with Gasteiger partial charge in [-0.15, -0.1) is 0 Å². The first kappa shape index (κ1) is 22.1. The molecular weight excluding hydrogens is 396 g/mol. The van der Waals surface area contributed by atoms with Gasteiger partial charge >= 0.3 is 5.97 Å². The van der Waals surface area contributed by atoms with E-state index in [-0.39, 0.29) is 28.5 Å². The maximum absolute atomic E-state index is 12.4. The monoisotopic (exact) mass is 418 g/mol. The Bertz CT molecular complexity index is 972. The Labute approximate surface area is 169 Å². The van der Waals surface area contributed by atoms with Crippen LogP contribution in [0.3, 0.4) is 0 Å². The summed E-state index contributed by atoms with van der Waals surface area (Å²) in [5.74, 6) is -1.88. The Morgan fingerprint density at radius 1 is 1.00 bits per heavy atom. The lowest BCUT2D eigenvalue weighted by Crippen LogP contribution is -2.42. The number of carbonyl (C=O) groups is 3. The summed E-state index contributed by atoms with van der Waals surface area (Å²) in [6.07, 6.45) is -0.139. The third kappa shape index (κ3) is 6.42. The van der Waals surface area contributed by atoms with Gasteiger partial charge in [0, 0.05) is 18.2 Å². The van der Waals surface area contributed by atoms with Gasteiger partial charge in [-0.05, 0) is 42.8 Å². The van der Waals surface area contributed by atoms with E-state index in [0.29, 0.717) is 5.69 Å². The van der Waals surface area contributed by atoms with Gasteiger partial charge in [-0.2, -0.15) is 0 Å². The highest BCUT2D eigenvalue weighted by Crippen LogP contribution is 2.14. The molecule has 0 aliphatic heterocycles. The average Bonchev–Trinajstić information content (AvgIpc) is 2.71. The zero-order valence-electron chi connectivity index (χ0n) is 16.0. The first-order valence-corrected chi connectivity index (χ1v) is 10.4. The topological polar surface area (TPSA) is 119 Å². The van der Waals surface area contributed by atoms with Crippen molar-refractivity contribution in [3.05, 3.63) is 60.2 Å². The highest BCUT2D eigenvalue weighted by atomic mass is 32.2. The zero-order valence-corrected chi connectivity index (χ0v) is 16.9. The second-order valence-electron chi connectivity index (χ2n) is 6.23. The number of anilines is 1. The Morgan fingerprint density at radius 3 is 2.17 bits per heavy atom. The Hall–Kier alpha value is -3.20. The molecule has 2 amide bonds. The molecule has 0 saturated heterocycles. The summed E-state index contributed by atoms with van der Waals surface area (Å²) in [6, 6.07) is 12.8. The maximum Gasteiger partial charge on any atom is 0.328 e. The fraction of sp³-hybridized carbons (Fsp3) is 0.250. The summed E-state index contributed by atoms with van der Waals surface area (Å²) in [7, 11) is -2.45. The normalized spacial score (nSPS) is 11.9. The molecule has 0 heterocycles. The standard InChI is InChI=1S/C20H22N2O6S/c1-14(23)21-16-10-8-15(9-11-16)19(24)22-18(20(25)28-2)12-13-29(26,27)17-6-4-3-5-7-17/h3-11,18H,12-13H2,1-2H3,(H,21,23)(H,22,24)/t18-/m1/s1. The van der Waals surface area contributed by atoms with Gasteiger partial charge in [0.2, 0.25) is 5.91 Å². The maximum atomic E-state index is 12.4. The molecule has 0 aromatic heterocycles. The number of benzene rings is 2. The van der Waals surface area contributed by atoms with Crippen molar-refractivity contribution in [2.24, 2.45) is 0 Å². The van der Waals surface area contributed by atoms with Crippen LogP contribution < -0.4 is 10.6 Å². The van der Waals surface area contributed by atoms with Crippen LogP contribution in [0, 0.1) is 0 Å². The number of ether oxygens (including phenoxy) is 1. The van der Waals surface area contributed by atoms with Gasteiger partial charge in [0.15, 0.2) is 9.84 Å². The van der Waals surface area contributed by atoms with Crippen molar-refractivity contribution in [1.82, 2.24) is 5.32 Å². The molecule has 0 radical (unpaired) electrons. The van der Waals surface area contributed by atoms with Gasteiger partial charge in [0.25, 0.3) is 5.91 Å². The number of amides is 2. The molecule has 2 aromatic carbocycles. The summed E-state index contributed by atoms with van der Waals surface area (Å²) in [4.78, 5) is 35.7. The van der Waals surface area contributed by atoms with Crippen molar-refractivity contribution in [3.8, 4) is 0 Å². The lowest BCUT2D eigenvalue weighted by molar-refractivity contribution is -0.142. The number of nitrogens with one attached hydrogen (secondary N) is 2. The lowest BCUT2D eigenvalue weighted by Gasteiger charge is -2.17. The average molecular weight is 418 g/mol.